The minimum Gasteiger partial charge on any atom is -0.493 e. The summed E-state index contributed by atoms with van der Waals surface area (Å²) in [6, 6.07) is 5.31. The van der Waals surface area contributed by atoms with Crippen LogP contribution in [0.25, 0.3) is 0 Å². The fourth-order valence-corrected chi connectivity index (χ4v) is 2.63. The molecule has 19 heavy (non-hydrogen) atoms. The number of aromatic nitrogens is 2. The summed E-state index contributed by atoms with van der Waals surface area (Å²) in [5.41, 5.74) is 0.200. The third-order valence-corrected chi connectivity index (χ3v) is 3.47. The largest absolute Gasteiger partial charge is 0.493 e. The molecule has 1 amide bonds. The number of benzene rings is 1. The molecule has 8 heteroatoms. The van der Waals surface area contributed by atoms with Crippen molar-refractivity contribution >= 4 is 43.5 Å². The van der Waals surface area contributed by atoms with Crippen LogP contribution in [-0.4, -0.2) is 21.0 Å². The van der Waals surface area contributed by atoms with Crippen molar-refractivity contribution < 1.29 is 9.90 Å². The Morgan fingerprint density at radius 2 is 2.05 bits per heavy atom. The summed E-state index contributed by atoms with van der Waals surface area (Å²) in [4.78, 5) is 27.2. The van der Waals surface area contributed by atoms with E-state index in [-0.39, 0.29) is 23.9 Å². The van der Waals surface area contributed by atoms with Crippen LogP contribution >= 0.6 is 31.9 Å². The molecule has 100 valence electrons. The summed E-state index contributed by atoms with van der Waals surface area (Å²) in [5.74, 6) is -0.677. The molecule has 1 aromatic carbocycles. The van der Waals surface area contributed by atoms with E-state index in [1.54, 1.807) is 18.2 Å². The predicted octanol–water partition coefficient (Wildman–Crippen LogP) is 2.11. The number of halogens is 2. The zero-order chi connectivity index (χ0) is 14.0. The van der Waals surface area contributed by atoms with Crippen LogP contribution in [0.15, 0.2) is 31.9 Å². The van der Waals surface area contributed by atoms with Gasteiger partial charge in [-0.15, -0.1) is 0 Å². The van der Waals surface area contributed by atoms with E-state index in [4.69, 9.17) is 0 Å². The van der Waals surface area contributed by atoms with Gasteiger partial charge < -0.3 is 15.4 Å². The molecule has 0 saturated carbocycles. The Hall–Kier alpha value is -1.54. The number of H-pyrrole nitrogens is 2. The average Bonchev–Trinajstić information content (AvgIpc) is 2.61. The van der Waals surface area contributed by atoms with Gasteiger partial charge in [-0.25, -0.2) is 4.79 Å². The van der Waals surface area contributed by atoms with Gasteiger partial charge in [0, 0.05) is 8.95 Å². The number of amides is 1. The first kappa shape index (κ1) is 13.9. The van der Waals surface area contributed by atoms with Gasteiger partial charge in [0.15, 0.2) is 0 Å². The summed E-state index contributed by atoms with van der Waals surface area (Å²) >= 11 is 6.63. The van der Waals surface area contributed by atoms with Crippen LogP contribution in [0.4, 0.5) is 5.69 Å². The molecule has 0 atom stereocenters. The average molecular weight is 391 g/mol. The van der Waals surface area contributed by atoms with E-state index >= 15 is 0 Å². The fraction of sp³-hybridized carbons (Fsp3) is 0.0909. The Labute approximate surface area is 124 Å². The second-order valence-electron chi connectivity index (χ2n) is 3.76. The van der Waals surface area contributed by atoms with Gasteiger partial charge in [0.2, 0.25) is 11.8 Å². The molecular formula is C11H9Br2N3O3. The molecule has 6 nitrogen and oxygen atoms in total. The van der Waals surface area contributed by atoms with E-state index < -0.39 is 5.69 Å². The van der Waals surface area contributed by atoms with Crippen LogP contribution in [0.3, 0.4) is 0 Å². The minimum absolute atomic E-state index is 0.132. The number of carbonyl (C=O) groups is 1. The second-order valence-corrected chi connectivity index (χ2v) is 5.53. The molecule has 0 aliphatic heterocycles. The Bertz CT molecular complexity index is 678. The molecule has 2 rings (SSSR count). The molecule has 0 saturated heterocycles. The Balaban J connectivity index is 2.09. The molecule has 2 aromatic rings. The van der Waals surface area contributed by atoms with Gasteiger partial charge in [0.1, 0.15) is 0 Å². The van der Waals surface area contributed by atoms with E-state index in [1.807, 2.05) is 0 Å². The third-order valence-electron chi connectivity index (χ3n) is 2.32. The van der Waals surface area contributed by atoms with Gasteiger partial charge in [-0.3, -0.25) is 9.78 Å². The number of aromatic hydroxyl groups is 1. The lowest BCUT2D eigenvalue weighted by atomic mass is 10.2. The number of hydrogen-bond acceptors (Lipinski definition) is 3. The first-order valence-electron chi connectivity index (χ1n) is 5.20. The van der Waals surface area contributed by atoms with Gasteiger partial charge in [-0.05, 0) is 34.1 Å². The fourth-order valence-electron chi connectivity index (χ4n) is 1.48. The van der Waals surface area contributed by atoms with E-state index in [0.717, 1.165) is 8.95 Å². The Morgan fingerprint density at radius 3 is 2.63 bits per heavy atom. The third kappa shape index (κ3) is 3.48. The quantitative estimate of drug-likeness (QED) is 0.646. The maximum Gasteiger partial charge on any atom is 0.325 e. The van der Waals surface area contributed by atoms with E-state index in [0.29, 0.717) is 5.69 Å². The minimum atomic E-state index is -0.551. The summed E-state index contributed by atoms with van der Waals surface area (Å²) < 4.78 is 1.60. The lowest BCUT2D eigenvalue weighted by molar-refractivity contribution is -0.115. The first-order chi connectivity index (χ1) is 8.95. The standard InChI is InChI=1S/C11H9Br2N3O3/c12-5-1-2-7(6(13)3-5)14-9(17)4-8-10(18)16-11(19)15-8/h1-3,18H,4H2,(H,14,17)(H2,15,16,19). The zero-order valence-corrected chi connectivity index (χ0v) is 12.6. The van der Waals surface area contributed by atoms with E-state index in [2.05, 4.69) is 47.1 Å². The van der Waals surface area contributed by atoms with Crippen molar-refractivity contribution in [3.05, 3.63) is 43.3 Å². The molecule has 0 bridgehead atoms. The highest BCUT2D eigenvalue weighted by molar-refractivity contribution is 9.11. The highest BCUT2D eigenvalue weighted by Gasteiger charge is 2.12. The maximum atomic E-state index is 11.8. The van der Waals surface area contributed by atoms with Crippen LogP contribution in [0, 0.1) is 0 Å². The van der Waals surface area contributed by atoms with Crippen molar-refractivity contribution in [2.75, 3.05) is 5.32 Å². The number of hydrogen-bond donors (Lipinski definition) is 4. The number of rotatable bonds is 3. The van der Waals surface area contributed by atoms with Crippen molar-refractivity contribution in [3.8, 4) is 5.88 Å². The van der Waals surface area contributed by atoms with Gasteiger partial charge in [0.25, 0.3) is 0 Å². The normalized spacial score (nSPS) is 10.4. The predicted molar refractivity (Wildman–Crippen MR) is 77.3 cm³/mol. The van der Waals surface area contributed by atoms with Crippen molar-refractivity contribution in [3.63, 3.8) is 0 Å². The van der Waals surface area contributed by atoms with Gasteiger partial charge in [-0.2, -0.15) is 0 Å². The first-order valence-corrected chi connectivity index (χ1v) is 6.79. The molecule has 0 unspecified atom stereocenters. The van der Waals surface area contributed by atoms with Crippen LogP contribution in [-0.2, 0) is 11.2 Å². The second kappa shape index (κ2) is 5.62. The molecule has 1 heterocycles. The SMILES string of the molecule is O=C(Cc1[nH]c(=O)[nH]c1O)Nc1ccc(Br)cc1Br. The van der Waals surface area contributed by atoms with Gasteiger partial charge in [0.05, 0.1) is 17.8 Å². The molecule has 4 N–H and O–H groups in total. The Kier molecular flexibility index (Phi) is 4.11. The number of imidazole rings is 1. The summed E-state index contributed by atoms with van der Waals surface area (Å²) in [7, 11) is 0. The summed E-state index contributed by atoms with van der Waals surface area (Å²) in [6.45, 7) is 0. The molecular weight excluding hydrogens is 382 g/mol. The lowest BCUT2D eigenvalue weighted by Gasteiger charge is -2.07. The monoisotopic (exact) mass is 389 g/mol. The van der Waals surface area contributed by atoms with Crippen molar-refractivity contribution in [2.45, 2.75) is 6.42 Å². The van der Waals surface area contributed by atoms with Crippen molar-refractivity contribution in [1.82, 2.24) is 9.97 Å². The number of aromatic amines is 2. The highest BCUT2D eigenvalue weighted by atomic mass is 79.9. The number of nitrogens with one attached hydrogen (secondary N) is 3. The Morgan fingerprint density at radius 1 is 1.32 bits per heavy atom. The molecule has 0 spiro atoms. The van der Waals surface area contributed by atoms with Crippen LogP contribution < -0.4 is 11.0 Å². The smallest absolute Gasteiger partial charge is 0.325 e. The van der Waals surface area contributed by atoms with Crippen LogP contribution in [0.5, 0.6) is 5.88 Å². The van der Waals surface area contributed by atoms with E-state index in [1.165, 1.54) is 0 Å². The molecule has 0 aliphatic rings. The van der Waals surface area contributed by atoms with Crippen LogP contribution in [0.2, 0.25) is 0 Å². The summed E-state index contributed by atoms with van der Waals surface area (Å²) in [5, 5.41) is 12.0. The maximum absolute atomic E-state index is 11.8. The van der Waals surface area contributed by atoms with Crippen LogP contribution in [0.1, 0.15) is 5.69 Å². The topological polar surface area (TPSA) is 98.0 Å². The number of carbonyl (C=O) groups excluding carboxylic acids is 1. The molecule has 0 radical (unpaired) electrons. The summed E-state index contributed by atoms with van der Waals surface area (Å²) in [6.07, 6.45) is -0.132. The van der Waals surface area contributed by atoms with E-state index in [9.17, 15) is 14.7 Å². The lowest BCUT2D eigenvalue weighted by Crippen LogP contribution is -2.15. The highest BCUT2D eigenvalue weighted by Crippen LogP contribution is 2.26. The molecule has 0 aliphatic carbocycles. The molecule has 0 fully saturated rings. The molecule has 1 aromatic heterocycles. The zero-order valence-electron chi connectivity index (χ0n) is 9.46. The van der Waals surface area contributed by atoms with Gasteiger partial charge in [-0.1, -0.05) is 15.9 Å². The van der Waals surface area contributed by atoms with Gasteiger partial charge >= 0.3 is 5.69 Å². The van der Waals surface area contributed by atoms with Crippen molar-refractivity contribution in [2.24, 2.45) is 0 Å². The number of anilines is 1. The van der Waals surface area contributed by atoms with Crippen molar-refractivity contribution in [1.29, 1.82) is 0 Å².